The van der Waals surface area contributed by atoms with Gasteiger partial charge in [0.2, 0.25) is 0 Å². The van der Waals surface area contributed by atoms with Gasteiger partial charge in [0, 0.05) is 12.3 Å². The van der Waals surface area contributed by atoms with E-state index in [2.05, 4.69) is 26.8 Å². The Hall–Kier alpha value is -0.460. The van der Waals surface area contributed by atoms with Crippen LogP contribution in [0.5, 0.6) is 0 Å². The van der Waals surface area contributed by atoms with Gasteiger partial charge in [-0.15, -0.1) is 0 Å². The molecule has 1 nitrogen and oxygen atoms in total. The van der Waals surface area contributed by atoms with Crippen molar-refractivity contribution in [2.24, 2.45) is 11.8 Å². The summed E-state index contributed by atoms with van der Waals surface area (Å²) in [5.74, 6) is 2.77. The molecule has 82 valence electrons. The lowest BCUT2D eigenvalue weighted by Gasteiger charge is -2.19. The Morgan fingerprint density at radius 1 is 1.29 bits per heavy atom. The van der Waals surface area contributed by atoms with Gasteiger partial charge < -0.3 is 4.74 Å². The molecule has 0 aromatic carbocycles. The van der Waals surface area contributed by atoms with Crippen molar-refractivity contribution in [1.82, 2.24) is 0 Å². The fraction of sp³-hybridized carbons (Fsp3) is 0.846. The maximum Gasteiger partial charge on any atom is 0.0943 e. The van der Waals surface area contributed by atoms with Crippen LogP contribution in [0, 0.1) is 11.8 Å². The van der Waals surface area contributed by atoms with Gasteiger partial charge in [-0.25, -0.2) is 0 Å². The van der Waals surface area contributed by atoms with E-state index in [-0.39, 0.29) is 0 Å². The fourth-order valence-electron chi connectivity index (χ4n) is 2.34. The molecule has 14 heavy (non-hydrogen) atoms. The highest BCUT2D eigenvalue weighted by molar-refractivity contribution is 5.03. The van der Waals surface area contributed by atoms with Gasteiger partial charge in [0.05, 0.1) is 12.4 Å². The Labute approximate surface area is 88.5 Å². The smallest absolute Gasteiger partial charge is 0.0943 e. The first kappa shape index (κ1) is 11.6. The van der Waals surface area contributed by atoms with Crippen LogP contribution in [0.2, 0.25) is 0 Å². The molecule has 1 unspecified atom stereocenters. The Morgan fingerprint density at radius 2 is 1.93 bits per heavy atom. The summed E-state index contributed by atoms with van der Waals surface area (Å²) in [5.41, 5.74) is 0. The standard InChI is InChI=1S/C13H24O/c1-4-7-11(8-5-2)12-9-13(6-3)14-10-12/h9,11-12H,4-8,10H2,1-3H3. The highest BCUT2D eigenvalue weighted by Gasteiger charge is 2.23. The van der Waals surface area contributed by atoms with E-state index < -0.39 is 0 Å². The molecule has 1 aliphatic heterocycles. The third kappa shape index (κ3) is 3.04. The molecule has 0 saturated carbocycles. The van der Waals surface area contributed by atoms with Crippen molar-refractivity contribution in [2.75, 3.05) is 6.61 Å². The summed E-state index contributed by atoms with van der Waals surface area (Å²) in [6.45, 7) is 7.67. The first-order valence-corrected chi connectivity index (χ1v) is 6.15. The normalized spacial score (nSPS) is 21.1. The molecule has 1 aliphatic rings. The van der Waals surface area contributed by atoms with Crippen molar-refractivity contribution in [3.63, 3.8) is 0 Å². The Bertz CT molecular complexity index is 178. The molecule has 1 heterocycles. The number of hydrogen-bond donors (Lipinski definition) is 0. The van der Waals surface area contributed by atoms with Crippen molar-refractivity contribution in [3.8, 4) is 0 Å². The van der Waals surface area contributed by atoms with Crippen molar-refractivity contribution < 1.29 is 4.74 Å². The van der Waals surface area contributed by atoms with Gasteiger partial charge in [-0.2, -0.15) is 0 Å². The van der Waals surface area contributed by atoms with E-state index in [0.717, 1.165) is 18.9 Å². The topological polar surface area (TPSA) is 9.23 Å². The highest BCUT2D eigenvalue weighted by Crippen LogP contribution is 2.30. The Kier molecular flexibility index (Phi) is 5.06. The quantitative estimate of drug-likeness (QED) is 0.620. The molecule has 0 saturated heterocycles. The lowest BCUT2D eigenvalue weighted by molar-refractivity contribution is 0.179. The van der Waals surface area contributed by atoms with E-state index in [1.54, 1.807) is 0 Å². The molecule has 1 atom stereocenters. The fourth-order valence-corrected chi connectivity index (χ4v) is 2.34. The maximum absolute atomic E-state index is 5.65. The van der Waals surface area contributed by atoms with Gasteiger partial charge in [0.1, 0.15) is 0 Å². The minimum atomic E-state index is 0.699. The SMILES string of the molecule is CCCC(CCC)C1C=C(CC)OC1. The van der Waals surface area contributed by atoms with Crippen LogP contribution in [0.15, 0.2) is 11.8 Å². The zero-order valence-corrected chi connectivity index (χ0v) is 9.88. The summed E-state index contributed by atoms with van der Waals surface area (Å²) >= 11 is 0. The molecule has 0 aromatic heterocycles. The average molecular weight is 196 g/mol. The second-order valence-electron chi connectivity index (χ2n) is 4.30. The van der Waals surface area contributed by atoms with Crippen molar-refractivity contribution >= 4 is 0 Å². The summed E-state index contributed by atoms with van der Waals surface area (Å²) in [7, 11) is 0. The first-order valence-electron chi connectivity index (χ1n) is 6.15. The summed E-state index contributed by atoms with van der Waals surface area (Å²) in [6.07, 6.45) is 8.75. The zero-order chi connectivity index (χ0) is 10.4. The van der Waals surface area contributed by atoms with Crippen LogP contribution >= 0.6 is 0 Å². The molecular weight excluding hydrogens is 172 g/mol. The van der Waals surface area contributed by atoms with Crippen LogP contribution in [0.3, 0.4) is 0 Å². The predicted molar refractivity (Wildman–Crippen MR) is 61.1 cm³/mol. The van der Waals surface area contributed by atoms with Gasteiger partial charge >= 0.3 is 0 Å². The van der Waals surface area contributed by atoms with Gasteiger partial charge in [0.25, 0.3) is 0 Å². The summed E-state index contributed by atoms with van der Waals surface area (Å²) in [5, 5.41) is 0. The molecule has 0 amide bonds. The molecule has 0 radical (unpaired) electrons. The number of ether oxygens (including phenoxy) is 1. The minimum absolute atomic E-state index is 0.699. The van der Waals surface area contributed by atoms with Gasteiger partial charge in [-0.05, 0) is 12.0 Å². The molecule has 0 aromatic rings. The van der Waals surface area contributed by atoms with E-state index in [9.17, 15) is 0 Å². The lowest BCUT2D eigenvalue weighted by Crippen LogP contribution is -2.14. The average Bonchev–Trinajstić information content (AvgIpc) is 2.65. The van der Waals surface area contributed by atoms with Crippen LogP contribution in [0.4, 0.5) is 0 Å². The molecule has 1 heteroatoms. The van der Waals surface area contributed by atoms with Crippen molar-refractivity contribution in [1.29, 1.82) is 0 Å². The molecule has 0 spiro atoms. The number of allylic oxidation sites excluding steroid dienone is 1. The maximum atomic E-state index is 5.65. The minimum Gasteiger partial charge on any atom is -0.498 e. The van der Waals surface area contributed by atoms with E-state index in [0.29, 0.717) is 5.92 Å². The van der Waals surface area contributed by atoms with E-state index in [1.165, 1.54) is 31.4 Å². The number of rotatable bonds is 6. The lowest BCUT2D eigenvalue weighted by atomic mass is 9.86. The highest BCUT2D eigenvalue weighted by atomic mass is 16.5. The van der Waals surface area contributed by atoms with Crippen LogP contribution in [0.1, 0.15) is 52.9 Å². The predicted octanol–water partition coefficient (Wildman–Crippen LogP) is 4.14. The third-order valence-corrected chi connectivity index (χ3v) is 3.13. The number of hydrogen-bond acceptors (Lipinski definition) is 1. The Balaban J connectivity index is 2.47. The van der Waals surface area contributed by atoms with Crippen LogP contribution in [0.25, 0.3) is 0 Å². The zero-order valence-electron chi connectivity index (χ0n) is 9.88. The van der Waals surface area contributed by atoms with E-state index in [4.69, 9.17) is 4.74 Å². The van der Waals surface area contributed by atoms with Crippen molar-refractivity contribution in [3.05, 3.63) is 11.8 Å². The monoisotopic (exact) mass is 196 g/mol. The second-order valence-corrected chi connectivity index (χ2v) is 4.30. The summed E-state index contributed by atoms with van der Waals surface area (Å²) in [4.78, 5) is 0. The van der Waals surface area contributed by atoms with Gasteiger partial charge in [-0.1, -0.05) is 46.5 Å². The van der Waals surface area contributed by atoms with Crippen LogP contribution in [-0.4, -0.2) is 6.61 Å². The van der Waals surface area contributed by atoms with Crippen LogP contribution in [-0.2, 0) is 4.74 Å². The van der Waals surface area contributed by atoms with E-state index in [1.807, 2.05) is 0 Å². The largest absolute Gasteiger partial charge is 0.498 e. The summed E-state index contributed by atoms with van der Waals surface area (Å²) in [6, 6.07) is 0. The molecule has 0 bridgehead atoms. The van der Waals surface area contributed by atoms with Crippen LogP contribution < -0.4 is 0 Å². The molecule has 1 rings (SSSR count). The first-order chi connectivity index (χ1) is 6.81. The molecule has 0 aliphatic carbocycles. The molecule has 0 N–H and O–H groups in total. The van der Waals surface area contributed by atoms with Gasteiger partial charge in [-0.3, -0.25) is 0 Å². The Morgan fingerprint density at radius 3 is 2.36 bits per heavy atom. The van der Waals surface area contributed by atoms with Gasteiger partial charge in [0.15, 0.2) is 0 Å². The summed E-state index contributed by atoms with van der Waals surface area (Å²) < 4.78 is 5.65. The molecule has 0 fully saturated rings. The molecular formula is C13H24O. The third-order valence-electron chi connectivity index (χ3n) is 3.13. The van der Waals surface area contributed by atoms with E-state index >= 15 is 0 Å². The van der Waals surface area contributed by atoms with Crippen molar-refractivity contribution in [2.45, 2.75) is 52.9 Å². The second kappa shape index (κ2) is 6.10.